The van der Waals surface area contributed by atoms with Crippen molar-refractivity contribution in [2.45, 2.75) is 97.8 Å². The SMILES string of the molecule is CC(C)(C)CC(=O)C(O)C(CC(=O)[C@H](CC1CC1)NC(=O)OC(C)(C)C)Cc1ccccc1. The van der Waals surface area contributed by atoms with Crippen LogP contribution in [-0.2, 0) is 20.7 Å². The van der Waals surface area contributed by atoms with Gasteiger partial charge in [-0.25, -0.2) is 4.79 Å². The molecule has 0 spiro atoms. The van der Waals surface area contributed by atoms with Crippen LogP contribution in [0.5, 0.6) is 0 Å². The van der Waals surface area contributed by atoms with E-state index in [2.05, 4.69) is 5.32 Å². The van der Waals surface area contributed by atoms with Crippen LogP contribution >= 0.6 is 0 Å². The molecule has 184 valence electrons. The Morgan fingerprint density at radius 2 is 1.64 bits per heavy atom. The van der Waals surface area contributed by atoms with Gasteiger partial charge >= 0.3 is 6.09 Å². The van der Waals surface area contributed by atoms with Gasteiger partial charge in [-0.15, -0.1) is 0 Å². The van der Waals surface area contributed by atoms with Crippen LogP contribution in [0.15, 0.2) is 30.3 Å². The van der Waals surface area contributed by atoms with Crippen LogP contribution in [0.4, 0.5) is 4.79 Å². The molecule has 6 nitrogen and oxygen atoms in total. The second-order valence-electron chi connectivity index (χ2n) is 11.6. The monoisotopic (exact) mass is 459 g/mol. The van der Waals surface area contributed by atoms with Gasteiger partial charge in [-0.3, -0.25) is 9.59 Å². The fourth-order valence-corrected chi connectivity index (χ4v) is 3.91. The Morgan fingerprint density at radius 3 is 2.15 bits per heavy atom. The van der Waals surface area contributed by atoms with Gasteiger partial charge in [-0.05, 0) is 50.5 Å². The van der Waals surface area contributed by atoms with E-state index in [-0.39, 0.29) is 29.8 Å². The first-order chi connectivity index (χ1) is 15.2. The summed E-state index contributed by atoms with van der Waals surface area (Å²) in [6.07, 6.45) is 1.43. The van der Waals surface area contributed by atoms with Crippen molar-refractivity contribution >= 4 is 17.7 Å². The zero-order chi connectivity index (χ0) is 24.8. The highest BCUT2D eigenvalue weighted by atomic mass is 16.6. The van der Waals surface area contributed by atoms with Crippen molar-refractivity contribution in [1.82, 2.24) is 5.32 Å². The van der Waals surface area contributed by atoms with Crippen LogP contribution in [0.25, 0.3) is 0 Å². The Hall–Kier alpha value is -2.21. The Morgan fingerprint density at radius 1 is 1.03 bits per heavy atom. The van der Waals surface area contributed by atoms with E-state index >= 15 is 0 Å². The molecule has 0 aliphatic heterocycles. The van der Waals surface area contributed by atoms with Crippen molar-refractivity contribution in [2.75, 3.05) is 0 Å². The van der Waals surface area contributed by atoms with Crippen molar-refractivity contribution in [3.8, 4) is 0 Å². The molecular formula is C27H41NO5. The van der Waals surface area contributed by atoms with E-state index in [0.717, 1.165) is 18.4 Å². The van der Waals surface area contributed by atoms with E-state index in [1.54, 1.807) is 20.8 Å². The number of nitrogens with one attached hydrogen (secondary N) is 1. The molecule has 0 radical (unpaired) electrons. The summed E-state index contributed by atoms with van der Waals surface area (Å²) >= 11 is 0. The van der Waals surface area contributed by atoms with Crippen molar-refractivity contribution in [2.24, 2.45) is 17.3 Å². The summed E-state index contributed by atoms with van der Waals surface area (Å²) in [6.45, 7) is 11.2. The maximum atomic E-state index is 13.3. The number of aliphatic hydroxyl groups excluding tert-OH is 1. The summed E-state index contributed by atoms with van der Waals surface area (Å²) in [5, 5.41) is 13.7. The molecule has 0 heterocycles. The first-order valence-electron chi connectivity index (χ1n) is 12.0. The Kier molecular flexibility index (Phi) is 9.24. The van der Waals surface area contributed by atoms with Gasteiger partial charge < -0.3 is 15.2 Å². The molecule has 6 heteroatoms. The quantitative estimate of drug-likeness (QED) is 0.493. The first-order valence-corrected chi connectivity index (χ1v) is 12.0. The number of carbonyl (C=O) groups is 3. The average Bonchev–Trinajstić information content (AvgIpc) is 3.48. The molecule has 2 rings (SSSR count). The summed E-state index contributed by atoms with van der Waals surface area (Å²) in [5.41, 5.74) is 0.0335. The molecule has 1 saturated carbocycles. The minimum Gasteiger partial charge on any atom is -0.444 e. The average molecular weight is 460 g/mol. The van der Waals surface area contributed by atoms with Crippen molar-refractivity contribution in [3.63, 3.8) is 0 Å². The summed E-state index contributed by atoms with van der Waals surface area (Å²) in [4.78, 5) is 38.5. The van der Waals surface area contributed by atoms with Gasteiger partial charge in [-0.2, -0.15) is 0 Å². The molecule has 1 aliphatic carbocycles. The molecule has 2 unspecified atom stereocenters. The topological polar surface area (TPSA) is 92.7 Å². The molecule has 2 N–H and O–H groups in total. The standard InChI is InChI=1S/C27H41NO5/c1-26(2,3)17-23(30)24(31)20(14-18-10-8-7-9-11-18)16-22(29)21(15-19-12-13-19)28-25(32)33-27(4,5)6/h7-11,19-21,24,31H,12-17H2,1-6H3,(H,28,32)/t20?,21-,24?/m0/s1. The number of carbonyl (C=O) groups excluding carboxylic acids is 3. The highest BCUT2D eigenvalue weighted by Crippen LogP contribution is 2.34. The molecule has 33 heavy (non-hydrogen) atoms. The third-order valence-electron chi connectivity index (χ3n) is 5.63. The van der Waals surface area contributed by atoms with Crippen molar-refractivity contribution in [3.05, 3.63) is 35.9 Å². The molecule has 1 aromatic rings. The minimum atomic E-state index is -1.24. The van der Waals surface area contributed by atoms with Crippen molar-refractivity contribution in [1.29, 1.82) is 0 Å². The molecule has 1 amide bonds. The highest BCUT2D eigenvalue weighted by molar-refractivity contribution is 5.89. The van der Waals surface area contributed by atoms with Crippen LogP contribution in [-0.4, -0.2) is 40.5 Å². The van der Waals surface area contributed by atoms with Gasteiger partial charge in [-0.1, -0.05) is 63.9 Å². The Labute approximate surface area is 198 Å². The number of aliphatic hydroxyl groups is 1. The number of hydrogen-bond donors (Lipinski definition) is 2. The predicted octanol–water partition coefficient (Wildman–Crippen LogP) is 4.86. The van der Waals surface area contributed by atoms with Crippen LogP contribution in [0, 0.1) is 17.3 Å². The number of rotatable bonds is 11. The van der Waals surface area contributed by atoms with E-state index in [1.807, 2.05) is 51.1 Å². The van der Waals surface area contributed by atoms with E-state index in [9.17, 15) is 19.5 Å². The molecular weight excluding hydrogens is 418 g/mol. The fourth-order valence-electron chi connectivity index (χ4n) is 3.91. The van der Waals surface area contributed by atoms with Gasteiger partial charge in [0.1, 0.15) is 11.7 Å². The number of ether oxygens (including phenoxy) is 1. The number of amides is 1. The van der Waals surface area contributed by atoms with Gasteiger partial charge in [0.15, 0.2) is 11.6 Å². The second-order valence-corrected chi connectivity index (χ2v) is 11.6. The van der Waals surface area contributed by atoms with Gasteiger partial charge in [0.05, 0.1) is 6.04 Å². The molecule has 1 fully saturated rings. The summed E-state index contributed by atoms with van der Waals surface area (Å²) in [6, 6.07) is 8.88. The summed E-state index contributed by atoms with van der Waals surface area (Å²) in [7, 11) is 0. The minimum absolute atomic E-state index is 0.0130. The third-order valence-corrected chi connectivity index (χ3v) is 5.63. The van der Waals surface area contributed by atoms with Crippen LogP contribution in [0.2, 0.25) is 0 Å². The predicted molar refractivity (Wildman–Crippen MR) is 129 cm³/mol. The zero-order valence-corrected chi connectivity index (χ0v) is 21.0. The molecule has 0 saturated heterocycles. The van der Waals surface area contributed by atoms with E-state index < -0.39 is 29.8 Å². The Bertz CT molecular complexity index is 802. The van der Waals surface area contributed by atoms with E-state index in [1.165, 1.54) is 0 Å². The lowest BCUT2D eigenvalue weighted by Gasteiger charge is -2.27. The number of Topliss-reactive ketones (excluding diaryl/α,β-unsaturated/α-hetero) is 2. The number of ketones is 2. The fraction of sp³-hybridized carbons (Fsp3) is 0.667. The number of benzene rings is 1. The lowest BCUT2D eigenvalue weighted by molar-refractivity contribution is -0.133. The number of alkyl carbamates (subject to hydrolysis) is 1. The molecule has 0 aromatic heterocycles. The molecule has 0 bridgehead atoms. The van der Waals surface area contributed by atoms with E-state index in [4.69, 9.17) is 4.74 Å². The van der Waals surface area contributed by atoms with Gasteiger partial charge in [0.2, 0.25) is 0 Å². The van der Waals surface area contributed by atoms with Gasteiger partial charge in [0, 0.05) is 18.8 Å². The lowest BCUT2D eigenvalue weighted by Crippen LogP contribution is -2.45. The maximum absolute atomic E-state index is 13.3. The second kappa shape index (κ2) is 11.3. The largest absolute Gasteiger partial charge is 0.444 e. The highest BCUT2D eigenvalue weighted by Gasteiger charge is 2.35. The van der Waals surface area contributed by atoms with Crippen LogP contribution < -0.4 is 5.32 Å². The third kappa shape index (κ3) is 10.5. The molecule has 1 aromatic carbocycles. The first kappa shape index (κ1) is 27.0. The van der Waals surface area contributed by atoms with Crippen LogP contribution in [0.1, 0.15) is 79.2 Å². The number of hydrogen-bond acceptors (Lipinski definition) is 5. The smallest absolute Gasteiger partial charge is 0.408 e. The van der Waals surface area contributed by atoms with Gasteiger partial charge in [0.25, 0.3) is 0 Å². The molecule has 1 aliphatic rings. The normalized spacial score (nSPS) is 17.1. The summed E-state index contributed by atoms with van der Waals surface area (Å²) in [5.74, 6) is -0.572. The molecule has 3 atom stereocenters. The maximum Gasteiger partial charge on any atom is 0.408 e. The Balaban J connectivity index is 2.16. The van der Waals surface area contributed by atoms with Crippen LogP contribution in [0.3, 0.4) is 0 Å². The van der Waals surface area contributed by atoms with E-state index in [0.29, 0.717) is 18.8 Å². The van der Waals surface area contributed by atoms with Crippen molar-refractivity contribution < 1.29 is 24.2 Å². The lowest BCUT2D eigenvalue weighted by atomic mass is 9.81. The zero-order valence-electron chi connectivity index (χ0n) is 21.0. The summed E-state index contributed by atoms with van der Waals surface area (Å²) < 4.78 is 5.36.